The molecule has 0 fully saturated rings. The predicted octanol–water partition coefficient (Wildman–Crippen LogP) is 5.12. The monoisotopic (exact) mass is 442 g/mol. The Kier molecular flexibility index (Phi) is 7.01. The highest BCUT2D eigenvalue weighted by molar-refractivity contribution is 9.10. The van der Waals surface area contributed by atoms with Crippen LogP contribution in [0.1, 0.15) is 36.5 Å². The van der Waals surface area contributed by atoms with Crippen molar-refractivity contribution in [2.24, 2.45) is 5.10 Å². The maximum atomic E-state index is 12.6. The summed E-state index contributed by atoms with van der Waals surface area (Å²) < 4.78 is 44.1. The zero-order chi connectivity index (χ0) is 20.0. The van der Waals surface area contributed by atoms with Crippen LogP contribution in [0.4, 0.5) is 13.2 Å². The molecular formula is C19H18BrF3N2O2. The molecule has 0 bridgehead atoms. The number of hydrogen-bond acceptors (Lipinski definition) is 3. The molecule has 2 aromatic carbocycles. The van der Waals surface area contributed by atoms with Gasteiger partial charge in [0.1, 0.15) is 5.75 Å². The summed E-state index contributed by atoms with van der Waals surface area (Å²) in [6.45, 7) is 3.86. The van der Waals surface area contributed by atoms with Gasteiger partial charge in [-0.05, 0) is 57.2 Å². The summed E-state index contributed by atoms with van der Waals surface area (Å²) in [6.07, 6.45) is -3.29. The first-order chi connectivity index (χ1) is 12.7. The van der Waals surface area contributed by atoms with Gasteiger partial charge in [0, 0.05) is 0 Å². The number of carbonyl (C=O) groups is 1. The van der Waals surface area contributed by atoms with Gasteiger partial charge in [0.25, 0.3) is 5.91 Å². The van der Waals surface area contributed by atoms with Crippen molar-refractivity contribution < 1.29 is 22.7 Å². The molecule has 1 amide bonds. The molecule has 1 N–H and O–H groups in total. The second-order valence-electron chi connectivity index (χ2n) is 6.05. The molecule has 0 saturated heterocycles. The lowest BCUT2D eigenvalue weighted by Crippen LogP contribution is -2.24. The van der Waals surface area contributed by atoms with Crippen LogP contribution in [0, 0.1) is 0 Å². The molecule has 27 heavy (non-hydrogen) atoms. The van der Waals surface area contributed by atoms with Gasteiger partial charge in [-0.15, -0.1) is 0 Å². The number of nitrogens with one attached hydrogen (secondary N) is 1. The van der Waals surface area contributed by atoms with Crippen LogP contribution in [0.3, 0.4) is 0 Å². The average molecular weight is 443 g/mol. The lowest BCUT2D eigenvalue weighted by Gasteiger charge is -2.10. The quantitative estimate of drug-likeness (QED) is 0.498. The minimum absolute atomic E-state index is 0.220. The van der Waals surface area contributed by atoms with E-state index in [1.807, 2.05) is 12.1 Å². The highest BCUT2D eigenvalue weighted by Crippen LogP contribution is 2.29. The van der Waals surface area contributed by atoms with E-state index in [0.717, 1.165) is 28.4 Å². The van der Waals surface area contributed by atoms with Crippen molar-refractivity contribution >= 4 is 28.1 Å². The zero-order valence-electron chi connectivity index (χ0n) is 14.7. The Balaban J connectivity index is 1.89. The van der Waals surface area contributed by atoms with Crippen molar-refractivity contribution in [1.82, 2.24) is 5.43 Å². The number of rotatable bonds is 6. The molecule has 0 heterocycles. The SMILES string of the molecule is CC(C)c1ccc(OCC(=O)N/N=C/c2cccc(C(F)(F)F)c2)c(Br)c1. The van der Waals surface area contributed by atoms with Crippen LogP contribution in [-0.4, -0.2) is 18.7 Å². The fraction of sp³-hybridized carbons (Fsp3) is 0.263. The fourth-order valence-corrected chi connectivity index (χ4v) is 2.65. The van der Waals surface area contributed by atoms with E-state index in [-0.39, 0.29) is 12.2 Å². The summed E-state index contributed by atoms with van der Waals surface area (Å²) in [7, 11) is 0. The summed E-state index contributed by atoms with van der Waals surface area (Å²) in [6, 6.07) is 10.2. The van der Waals surface area contributed by atoms with Crippen LogP contribution in [0.25, 0.3) is 0 Å². The number of halogens is 4. The Labute approximate surface area is 163 Å². The number of hydrogen-bond donors (Lipinski definition) is 1. The molecule has 0 atom stereocenters. The number of carbonyl (C=O) groups excluding carboxylic acids is 1. The third-order valence-corrected chi connectivity index (χ3v) is 4.22. The standard InChI is InChI=1S/C19H18BrF3N2O2/c1-12(2)14-6-7-17(16(20)9-14)27-11-18(26)25-24-10-13-4-3-5-15(8-13)19(21,22)23/h3-10,12H,11H2,1-2H3,(H,25,26)/b24-10+. The number of nitrogens with zero attached hydrogens (tertiary/aromatic N) is 1. The third kappa shape index (κ3) is 6.39. The van der Waals surface area contributed by atoms with Gasteiger partial charge in [-0.2, -0.15) is 18.3 Å². The average Bonchev–Trinajstić information content (AvgIpc) is 2.60. The van der Waals surface area contributed by atoms with Crippen LogP contribution >= 0.6 is 15.9 Å². The summed E-state index contributed by atoms with van der Waals surface area (Å²) >= 11 is 3.39. The van der Waals surface area contributed by atoms with E-state index < -0.39 is 17.6 Å². The van der Waals surface area contributed by atoms with Crippen molar-refractivity contribution in [3.05, 3.63) is 63.6 Å². The first-order valence-corrected chi connectivity index (χ1v) is 8.87. The molecule has 0 aliphatic rings. The van der Waals surface area contributed by atoms with Crippen LogP contribution < -0.4 is 10.2 Å². The lowest BCUT2D eigenvalue weighted by atomic mass is 10.0. The van der Waals surface area contributed by atoms with E-state index in [1.165, 1.54) is 12.1 Å². The highest BCUT2D eigenvalue weighted by Gasteiger charge is 2.30. The van der Waals surface area contributed by atoms with Crippen LogP contribution in [0.5, 0.6) is 5.75 Å². The number of alkyl halides is 3. The van der Waals surface area contributed by atoms with Crippen LogP contribution in [0.15, 0.2) is 52.0 Å². The third-order valence-electron chi connectivity index (χ3n) is 3.60. The maximum Gasteiger partial charge on any atom is 0.416 e. The zero-order valence-corrected chi connectivity index (χ0v) is 16.3. The van der Waals surface area contributed by atoms with Gasteiger partial charge in [0.2, 0.25) is 0 Å². The van der Waals surface area contributed by atoms with Crippen molar-refractivity contribution in [2.45, 2.75) is 25.9 Å². The van der Waals surface area contributed by atoms with Crippen molar-refractivity contribution in [3.8, 4) is 5.75 Å². The Bertz CT molecular complexity index is 836. The van der Waals surface area contributed by atoms with Gasteiger partial charge in [0.05, 0.1) is 16.3 Å². The van der Waals surface area contributed by atoms with Crippen LogP contribution in [0.2, 0.25) is 0 Å². The van der Waals surface area contributed by atoms with Crippen LogP contribution in [-0.2, 0) is 11.0 Å². The molecule has 2 rings (SSSR count). The van der Waals surface area contributed by atoms with Gasteiger partial charge in [-0.3, -0.25) is 4.79 Å². The number of benzene rings is 2. The molecule has 0 saturated carbocycles. The summed E-state index contributed by atoms with van der Waals surface area (Å²) in [5, 5.41) is 3.65. The maximum absolute atomic E-state index is 12.6. The van der Waals surface area contributed by atoms with Gasteiger partial charge in [0.15, 0.2) is 6.61 Å². The summed E-state index contributed by atoms with van der Waals surface area (Å²) in [5.41, 5.74) is 2.79. The van der Waals surface area contributed by atoms with Gasteiger partial charge >= 0.3 is 6.18 Å². The van der Waals surface area contributed by atoms with Gasteiger partial charge < -0.3 is 4.74 Å². The fourth-order valence-electron chi connectivity index (χ4n) is 2.14. The van der Waals surface area contributed by atoms with E-state index in [1.54, 1.807) is 6.07 Å². The van der Waals surface area contributed by atoms with Crippen molar-refractivity contribution in [1.29, 1.82) is 0 Å². The summed E-state index contributed by atoms with van der Waals surface area (Å²) in [4.78, 5) is 11.8. The van der Waals surface area contributed by atoms with E-state index in [0.29, 0.717) is 11.7 Å². The minimum Gasteiger partial charge on any atom is -0.483 e. The first-order valence-electron chi connectivity index (χ1n) is 8.08. The predicted molar refractivity (Wildman–Crippen MR) is 101 cm³/mol. The second kappa shape index (κ2) is 9.03. The Morgan fingerprint density at radius 3 is 2.63 bits per heavy atom. The Hall–Kier alpha value is -2.35. The van der Waals surface area contributed by atoms with Gasteiger partial charge in [-0.25, -0.2) is 5.43 Å². The Morgan fingerprint density at radius 1 is 1.26 bits per heavy atom. The highest BCUT2D eigenvalue weighted by atomic mass is 79.9. The van der Waals surface area contributed by atoms with E-state index in [4.69, 9.17) is 4.74 Å². The molecule has 0 spiro atoms. The van der Waals surface area contributed by atoms with E-state index in [9.17, 15) is 18.0 Å². The molecule has 144 valence electrons. The molecule has 0 aliphatic carbocycles. The lowest BCUT2D eigenvalue weighted by molar-refractivity contribution is -0.137. The minimum atomic E-state index is -4.43. The molecule has 8 heteroatoms. The Morgan fingerprint density at radius 2 is 2.00 bits per heavy atom. The molecule has 0 radical (unpaired) electrons. The topological polar surface area (TPSA) is 50.7 Å². The number of ether oxygens (including phenoxy) is 1. The molecule has 4 nitrogen and oxygen atoms in total. The smallest absolute Gasteiger partial charge is 0.416 e. The number of amides is 1. The van der Waals surface area contributed by atoms with Gasteiger partial charge in [-0.1, -0.05) is 32.0 Å². The molecule has 0 aliphatic heterocycles. The second-order valence-corrected chi connectivity index (χ2v) is 6.90. The molecule has 0 aromatic heterocycles. The van der Waals surface area contributed by atoms with E-state index >= 15 is 0 Å². The van der Waals surface area contributed by atoms with Crippen molar-refractivity contribution in [2.75, 3.05) is 6.61 Å². The number of hydrazone groups is 1. The summed E-state index contributed by atoms with van der Waals surface area (Å²) in [5.74, 6) is 0.346. The van der Waals surface area contributed by atoms with E-state index in [2.05, 4.69) is 40.3 Å². The molecule has 0 unspecified atom stereocenters. The first kappa shape index (κ1) is 21.0. The largest absolute Gasteiger partial charge is 0.483 e. The normalized spacial score (nSPS) is 11.8. The van der Waals surface area contributed by atoms with Crippen molar-refractivity contribution in [3.63, 3.8) is 0 Å². The molecule has 2 aromatic rings. The molecular weight excluding hydrogens is 425 g/mol.